The van der Waals surface area contributed by atoms with Crippen LogP contribution in [0.3, 0.4) is 0 Å². The summed E-state index contributed by atoms with van der Waals surface area (Å²) in [4.78, 5) is 15.8. The molecule has 0 radical (unpaired) electrons. The molecule has 0 fully saturated rings. The first-order valence-electron chi connectivity index (χ1n) is 6.24. The number of pyridine rings is 1. The highest BCUT2D eigenvalue weighted by molar-refractivity contribution is 7.92. The van der Waals surface area contributed by atoms with Gasteiger partial charge in [0, 0.05) is 6.20 Å². The van der Waals surface area contributed by atoms with E-state index in [4.69, 9.17) is 4.74 Å². The average Bonchev–Trinajstić information content (AvgIpc) is 2.48. The summed E-state index contributed by atoms with van der Waals surface area (Å²) in [5.74, 6) is -0.684. The van der Waals surface area contributed by atoms with Gasteiger partial charge in [-0.1, -0.05) is 18.2 Å². The molecule has 0 amide bonds. The molecule has 0 atom stereocenters. The molecule has 7 heteroatoms. The molecule has 2 rings (SSSR count). The molecule has 0 aliphatic carbocycles. The second kappa shape index (κ2) is 6.36. The number of aromatic nitrogens is 1. The van der Waals surface area contributed by atoms with Crippen molar-refractivity contribution in [1.29, 1.82) is 0 Å². The van der Waals surface area contributed by atoms with E-state index >= 15 is 0 Å². The van der Waals surface area contributed by atoms with E-state index in [-0.39, 0.29) is 22.9 Å². The molecule has 0 saturated heterocycles. The second-order valence-corrected chi connectivity index (χ2v) is 5.72. The van der Waals surface area contributed by atoms with Crippen molar-refractivity contribution in [3.8, 4) is 0 Å². The van der Waals surface area contributed by atoms with Gasteiger partial charge < -0.3 is 4.74 Å². The Balaban J connectivity index is 2.34. The summed E-state index contributed by atoms with van der Waals surface area (Å²) in [6.45, 7) is 1.86. The lowest BCUT2D eigenvalue weighted by atomic mass is 10.2. The van der Waals surface area contributed by atoms with Crippen LogP contribution < -0.4 is 4.72 Å². The van der Waals surface area contributed by atoms with Crippen LogP contribution in [0.25, 0.3) is 0 Å². The highest BCUT2D eigenvalue weighted by atomic mass is 32.2. The monoisotopic (exact) mass is 306 g/mol. The zero-order valence-corrected chi connectivity index (χ0v) is 12.1. The topological polar surface area (TPSA) is 85.4 Å². The van der Waals surface area contributed by atoms with Gasteiger partial charge in [0.1, 0.15) is 5.56 Å². The van der Waals surface area contributed by atoms with Gasteiger partial charge in [-0.25, -0.2) is 18.2 Å². The van der Waals surface area contributed by atoms with Crippen molar-refractivity contribution in [3.63, 3.8) is 0 Å². The van der Waals surface area contributed by atoms with Crippen LogP contribution in [0, 0.1) is 0 Å². The number of carbonyl (C=O) groups excluding carboxylic acids is 1. The molecular weight excluding hydrogens is 292 g/mol. The number of nitrogens with one attached hydrogen (secondary N) is 1. The van der Waals surface area contributed by atoms with Gasteiger partial charge in [-0.05, 0) is 31.2 Å². The van der Waals surface area contributed by atoms with E-state index in [9.17, 15) is 13.2 Å². The van der Waals surface area contributed by atoms with Crippen molar-refractivity contribution in [3.05, 3.63) is 54.2 Å². The first-order valence-corrected chi connectivity index (χ1v) is 7.73. The number of esters is 1. The first kappa shape index (κ1) is 15.0. The number of carbonyl (C=O) groups is 1. The highest BCUT2D eigenvalue weighted by Gasteiger charge is 2.19. The lowest BCUT2D eigenvalue weighted by Gasteiger charge is -2.10. The number of hydrogen-bond donors (Lipinski definition) is 1. The number of anilines is 1. The van der Waals surface area contributed by atoms with Gasteiger partial charge in [-0.3, -0.25) is 4.72 Å². The summed E-state index contributed by atoms with van der Waals surface area (Å²) in [7, 11) is -3.80. The van der Waals surface area contributed by atoms with Crippen molar-refractivity contribution in [2.45, 2.75) is 11.8 Å². The van der Waals surface area contributed by atoms with E-state index in [2.05, 4.69) is 9.71 Å². The Morgan fingerprint density at radius 3 is 2.57 bits per heavy atom. The van der Waals surface area contributed by atoms with E-state index in [1.807, 2.05) is 0 Å². The third-order valence-electron chi connectivity index (χ3n) is 2.59. The van der Waals surface area contributed by atoms with Crippen LogP contribution in [-0.4, -0.2) is 26.0 Å². The summed E-state index contributed by atoms with van der Waals surface area (Å²) in [6.07, 6.45) is 1.39. The molecule has 1 aromatic heterocycles. The van der Waals surface area contributed by atoms with E-state index in [1.165, 1.54) is 30.5 Å². The quantitative estimate of drug-likeness (QED) is 0.855. The zero-order chi connectivity index (χ0) is 15.3. The minimum atomic E-state index is -3.80. The number of rotatable bonds is 5. The summed E-state index contributed by atoms with van der Waals surface area (Å²) in [6, 6.07) is 10.8. The van der Waals surface area contributed by atoms with Gasteiger partial charge in [-0.2, -0.15) is 0 Å². The molecule has 0 aliphatic heterocycles. The molecule has 1 N–H and O–H groups in total. The predicted molar refractivity (Wildman–Crippen MR) is 77.4 cm³/mol. The molecule has 1 heterocycles. The van der Waals surface area contributed by atoms with Crippen LogP contribution in [0.4, 0.5) is 5.82 Å². The van der Waals surface area contributed by atoms with Gasteiger partial charge in [0.05, 0.1) is 11.5 Å². The SMILES string of the molecule is CCOC(=O)c1cccnc1NS(=O)(=O)c1ccccc1. The minimum Gasteiger partial charge on any atom is -0.462 e. The third-order valence-corrected chi connectivity index (χ3v) is 3.94. The molecular formula is C14H14N2O4S. The smallest absolute Gasteiger partial charge is 0.341 e. The second-order valence-electron chi connectivity index (χ2n) is 4.04. The number of benzene rings is 1. The predicted octanol–water partition coefficient (Wildman–Crippen LogP) is 2.06. The molecule has 0 spiro atoms. The van der Waals surface area contributed by atoms with Crippen LogP contribution in [0.2, 0.25) is 0 Å². The number of hydrogen-bond acceptors (Lipinski definition) is 5. The number of nitrogens with zero attached hydrogens (tertiary/aromatic N) is 1. The fraction of sp³-hybridized carbons (Fsp3) is 0.143. The van der Waals surface area contributed by atoms with Gasteiger partial charge in [0.15, 0.2) is 5.82 Å². The van der Waals surface area contributed by atoms with Gasteiger partial charge in [-0.15, -0.1) is 0 Å². The van der Waals surface area contributed by atoms with E-state index in [0.717, 1.165) is 0 Å². The van der Waals surface area contributed by atoms with Crippen LogP contribution in [0.1, 0.15) is 17.3 Å². The lowest BCUT2D eigenvalue weighted by Crippen LogP contribution is -2.17. The Kier molecular flexibility index (Phi) is 4.54. The van der Waals surface area contributed by atoms with Crippen molar-refractivity contribution in [2.24, 2.45) is 0 Å². The van der Waals surface area contributed by atoms with Gasteiger partial charge in [0.25, 0.3) is 10.0 Å². The van der Waals surface area contributed by atoms with Crippen molar-refractivity contribution < 1.29 is 17.9 Å². The molecule has 0 saturated carbocycles. The van der Waals surface area contributed by atoms with Crippen LogP contribution >= 0.6 is 0 Å². The molecule has 0 bridgehead atoms. The normalized spacial score (nSPS) is 10.9. The zero-order valence-electron chi connectivity index (χ0n) is 11.3. The van der Waals surface area contributed by atoms with E-state index < -0.39 is 16.0 Å². The summed E-state index contributed by atoms with van der Waals surface area (Å²) >= 11 is 0. The van der Waals surface area contributed by atoms with Crippen LogP contribution in [-0.2, 0) is 14.8 Å². The maximum absolute atomic E-state index is 12.2. The number of ether oxygens (including phenoxy) is 1. The molecule has 21 heavy (non-hydrogen) atoms. The van der Waals surface area contributed by atoms with Crippen LogP contribution in [0.15, 0.2) is 53.6 Å². The highest BCUT2D eigenvalue weighted by Crippen LogP contribution is 2.18. The summed E-state index contributed by atoms with van der Waals surface area (Å²) in [5, 5.41) is 0. The van der Waals surface area contributed by atoms with E-state index in [0.29, 0.717) is 0 Å². The first-order chi connectivity index (χ1) is 10.0. The van der Waals surface area contributed by atoms with Crippen molar-refractivity contribution in [1.82, 2.24) is 4.98 Å². The fourth-order valence-electron chi connectivity index (χ4n) is 1.65. The Bertz CT molecular complexity index is 730. The third kappa shape index (κ3) is 3.57. The largest absolute Gasteiger partial charge is 0.462 e. The molecule has 110 valence electrons. The fourth-order valence-corrected chi connectivity index (χ4v) is 2.70. The van der Waals surface area contributed by atoms with Gasteiger partial charge in [0.2, 0.25) is 0 Å². The van der Waals surface area contributed by atoms with E-state index in [1.54, 1.807) is 25.1 Å². The maximum Gasteiger partial charge on any atom is 0.341 e. The van der Waals surface area contributed by atoms with Gasteiger partial charge >= 0.3 is 5.97 Å². The summed E-state index contributed by atoms with van der Waals surface area (Å²) in [5.41, 5.74) is 0.0684. The molecule has 6 nitrogen and oxygen atoms in total. The number of sulfonamides is 1. The summed E-state index contributed by atoms with van der Waals surface area (Å²) < 4.78 is 31.6. The molecule has 0 unspecified atom stereocenters. The molecule has 1 aromatic carbocycles. The van der Waals surface area contributed by atoms with Crippen LogP contribution in [0.5, 0.6) is 0 Å². The average molecular weight is 306 g/mol. The van der Waals surface area contributed by atoms with Crippen molar-refractivity contribution >= 4 is 21.8 Å². The van der Waals surface area contributed by atoms with Crippen molar-refractivity contribution in [2.75, 3.05) is 11.3 Å². The Morgan fingerprint density at radius 1 is 1.19 bits per heavy atom. The maximum atomic E-state index is 12.2. The Morgan fingerprint density at radius 2 is 1.90 bits per heavy atom. The standard InChI is InChI=1S/C14H14N2O4S/c1-2-20-14(17)12-9-6-10-15-13(12)16-21(18,19)11-7-4-3-5-8-11/h3-10H,2H2,1H3,(H,15,16). The molecule has 0 aliphatic rings. The Hall–Kier alpha value is -2.41. The molecule has 2 aromatic rings. The minimum absolute atomic E-state index is 0.0557. The lowest BCUT2D eigenvalue weighted by molar-refractivity contribution is 0.0527. The Labute approximate surface area is 122 Å².